The molecule has 19 heavy (non-hydrogen) atoms. The van der Waals surface area contributed by atoms with Gasteiger partial charge in [-0.25, -0.2) is 0 Å². The van der Waals surface area contributed by atoms with Gasteiger partial charge in [0, 0.05) is 17.8 Å². The van der Waals surface area contributed by atoms with Crippen LogP contribution in [0.15, 0.2) is 18.5 Å². The SMILES string of the molecule is CCCCCCCCCC(N)c1ccncc1OC. The fraction of sp³-hybridized carbons (Fsp3) is 0.688. The number of nitrogens with zero attached hydrogens (tertiary/aromatic N) is 1. The molecule has 1 aromatic heterocycles. The first-order chi connectivity index (χ1) is 9.29. The Bertz CT molecular complexity index is 341. The van der Waals surface area contributed by atoms with E-state index < -0.39 is 0 Å². The third-order valence-corrected chi connectivity index (χ3v) is 3.55. The Hall–Kier alpha value is -1.09. The van der Waals surface area contributed by atoms with Gasteiger partial charge in [0.15, 0.2) is 0 Å². The lowest BCUT2D eigenvalue weighted by Gasteiger charge is -2.14. The molecule has 0 bridgehead atoms. The minimum absolute atomic E-state index is 0.0635. The van der Waals surface area contributed by atoms with Crippen molar-refractivity contribution in [3.63, 3.8) is 0 Å². The number of pyridine rings is 1. The van der Waals surface area contributed by atoms with E-state index in [-0.39, 0.29) is 6.04 Å². The summed E-state index contributed by atoms with van der Waals surface area (Å²) in [4.78, 5) is 4.06. The lowest BCUT2D eigenvalue weighted by molar-refractivity contribution is 0.401. The summed E-state index contributed by atoms with van der Waals surface area (Å²) in [6.07, 6.45) is 13.8. The van der Waals surface area contributed by atoms with Crippen molar-refractivity contribution in [2.45, 2.75) is 64.3 Å². The summed E-state index contributed by atoms with van der Waals surface area (Å²) in [5.74, 6) is 0.804. The average molecular weight is 264 g/mol. The highest BCUT2D eigenvalue weighted by Gasteiger charge is 2.11. The van der Waals surface area contributed by atoms with Crippen LogP contribution in [0, 0.1) is 0 Å². The Labute approximate surface area is 117 Å². The highest BCUT2D eigenvalue weighted by atomic mass is 16.5. The maximum Gasteiger partial charge on any atom is 0.141 e. The Balaban J connectivity index is 2.22. The summed E-state index contributed by atoms with van der Waals surface area (Å²) in [6.45, 7) is 2.25. The predicted octanol–water partition coefficient (Wildman–Crippen LogP) is 4.23. The van der Waals surface area contributed by atoms with Crippen LogP contribution in [0.3, 0.4) is 0 Å². The van der Waals surface area contributed by atoms with Gasteiger partial charge >= 0.3 is 0 Å². The Kier molecular flexibility index (Phi) is 8.23. The average Bonchev–Trinajstić information content (AvgIpc) is 2.46. The highest BCUT2D eigenvalue weighted by Crippen LogP contribution is 2.25. The molecule has 0 aliphatic rings. The van der Waals surface area contributed by atoms with Crippen molar-refractivity contribution in [3.8, 4) is 5.75 Å². The lowest BCUT2D eigenvalue weighted by Crippen LogP contribution is -2.11. The van der Waals surface area contributed by atoms with Gasteiger partial charge in [-0.05, 0) is 12.5 Å². The first-order valence-corrected chi connectivity index (χ1v) is 7.53. The van der Waals surface area contributed by atoms with E-state index in [1.165, 1.54) is 44.9 Å². The first kappa shape index (κ1) is 16.0. The summed E-state index contributed by atoms with van der Waals surface area (Å²) >= 11 is 0. The summed E-state index contributed by atoms with van der Waals surface area (Å²) < 4.78 is 5.30. The monoisotopic (exact) mass is 264 g/mol. The predicted molar refractivity (Wildman–Crippen MR) is 80.3 cm³/mol. The van der Waals surface area contributed by atoms with Gasteiger partial charge in [-0.1, -0.05) is 51.9 Å². The van der Waals surface area contributed by atoms with Gasteiger partial charge in [0.2, 0.25) is 0 Å². The van der Waals surface area contributed by atoms with Crippen LogP contribution >= 0.6 is 0 Å². The molecular weight excluding hydrogens is 236 g/mol. The third kappa shape index (κ3) is 6.06. The number of hydrogen-bond donors (Lipinski definition) is 1. The maximum absolute atomic E-state index is 6.23. The number of nitrogens with two attached hydrogens (primary N) is 1. The van der Waals surface area contributed by atoms with Crippen LogP contribution in [0.1, 0.15) is 69.9 Å². The second kappa shape index (κ2) is 9.79. The molecule has 1 atom stereocenters. The van der Waals surface area contributed by atoms with Gasteiger partial charge in [0.05, 0.1) is 13.3 Å². The molecule has 1 rings (SSSR count). The van der Waals surface area contributed by atoms with Crippen molar-refractivity contribution in [2.75, 3.05) is 7.11 Å². The Morgan fingerprint density at radius 1 is 1.16 bits per heavy atom. The number of hydrogen-bond acceptors (Lipinski definition) is 3. The second-order valence-corrected chi connectivity index (χ2v) is 5.13. The van der Waals surface area contributed by atoms with Crippen molar-refractivity contribution in [2.24, 2.45) is 5.73 Å². The number of ether oxygens (including phenoxy) is 1. The summed E-state index contributed by atoms with van der Waals surface area (Å²) in [5, 5.41) is 0. The maximum atomic E-state index is 6.23. The van der Waals surface area contributed by atoms with Crippen molar-refractivity contribution in [3.05, 3.63) is 24.0 Å². The van der Waals surface area contributed by atoms with Crippen LogP contribution < -0.4 is 10.5 Å². The summed E-state index contributed by atoms with van der Waals surface area (Å²) in [6, 6.07) is 2.03. The lowest BCUT2D eigenvalue weighted by atomic mass is 10.0. The number of aromatic nitrogens is 1. The summed E-state index contributed by atoms with van der Waals surface area (Å²) in [5.41, 5.74) is 7.30. The molecule has 1 heterocycles. The minimum Gasteiger partial charge on any atom is -0.495 e. The zero-order valence-corrected chi connectivity index (χ0v) is 12.4. The van der Waals surface area contributed by atoms with Gasteiger partial charge in [-0.15, -0.1) is 0 Å². The quantitative estimate of drug-likeness (QED) is 0.643. The Morgan fingerprint density at radius 2 is 1.84 bits per heavy atom. The van der Waals surface area contributed by atoms with Crippen LogP contribution in [0.25, 0.3) is 0 Å². The molecule has 2 N–H and O–H groups in total. The largest absolute Gasteiger partial charge is 0.495 e. The molecule has 0 spiro atoms. The van der Waals surface area contributed by atoms with Gasteiger partial charge in [-0.2, -0.15) is 0 Å². The van der Waals surface area contributed by atoms with Crippen LogP contribution in [-0.2, 0) is 0 Å². The highest BCUT2D eigenvalue weighted by molar-refractivity contribution is 5.32. The number of methoxy groups -OCH3 is 1. The molecule has 0 radical (unpaired) electrons. The summed E-state index contributed by atoms with van der Waals surface area (Å²) in [7, 11) is 1.67. The Morgan fingerprint density at radius 3 is 2.53 bits per heavy atom. The van der Waals surface area contributed by atoms with E-state index in [1.54, 1.807) is 19.5 Å². The number of rotatable bonds is 10. The van der Waals surface area contributed by atoms with E-state index >= 15 is 0 Å². The topological polar surface area (TPSA) is 48.1 Å². The van der Waals surface area contributed by atoms with E-state index in [4.69, 9.17) is 10.5 Å². The van der Waals surface area contributed by atoms with Crippen molar-refractivity contribution in [1.82, 2.24) is 4.98 Å². The molecule has 0 saturated carbocycles. The van der Waals surface area contributed by atoms with Crippen molar-refractivity contribution in [1.29, 1.82) is 0 Å². The van der Waals surface area contributed by atoms with Gasteiger partial charge in [0.25, 0.3) is 0 Å². The molecule has 1 unspecified atom stereocenters. The van der Waals surface area contributed by atoms with E-state index in [2.05, 4.69) is 11.9 Å². The van der Waals surface area contributed by atoms with Crippen LogP contribution in [-0.4, -0.2) is 12.1 Å². The molecule has 0 aliphatic carbocycles. The van der Waals surface area contributed by atoms with Crippen LogP contribution in [0.5, 0.6) is 5.75 Å². The number of unbranched alkanes of at least 4 members (excludes halogenated alkanes) is 6. The van der Waals surface area contributed by atoms with Crippen molar-refractivity contribution < 1.29 is 4.74 Å². The molecular formula is C16H28N2O. The van der Waals surface area contributed by atoms with E-state index in [0.29, 0.717) is 0 Å². The van der Waals surface area contributed by atoms with E-state index in [1.807, 2.05) is 6.07 Å². The molecule has 1 aromatic rings. The fourth-order valence-electron chi connectivity index (χ4n) is 2.34. The van der Waals surface area contributed by atoms with Gasteiger partial charge < -0.3 is 10.5 Å². The van der Waals surface area contributed by atoms with E-state index in [0.717, 1.165) is 17.7 Å². The zero-order valence-electron chi connectivity index (χ0n) is 12.4. The molecule has 0 saturated heterocycles. The normalized spacial score (nSPS) is 12.4. The van der Waals surface area contributed by atoms with Crippen LogP contribution in [0.2, 0.25) is 0 Å². The molecule has 108 valence electrons. The first-order valence-electron chi connectivity index (χ1n) is 7.53. The molecule has 0 aliphatic heterocycles. The molecule has 0 fully saturated rings. The minimum atomic E-state index is 0.0635. The second-order valence-electron chi connectivity index (χ2n) is 5.13. The molecule has 3 nitrogen and oxygen atoms in total. The fourth-order valence-corrected chi connectivity index (χ4v) is 2.34. The van der Waals surface area contributed by atoms with Crippen LogP contribution in [0.4, 0.5) is 0 Å². The smallest absolute Gasteiger partial charge is 0.141 e. The van der Waals surface area contributed by atoms with E-state index in [9.17, 15) is 0 Å². The molecule has 3 heteroatoms. The molecule has 0 amide bonds. The van der Waals surface area contributed by atoms with Gasteiger partial charge in [-0.3, -0.25) is 4.98 Å². The standard InChI is InChI=1S/C16H28N2O/c1-3-4-5-6-7-8-9-10-15(17)14-11-12-18-13-16(14)19-2/h11-13,15H,3-10,17H2,1-2H3. The zero-order chi connectivity index (χ0) is 13.9. The van der Waals surface area contributed by atoms with Gasteiger partial charge in [0.1, 0.15) is 5.75 Å². The van der Waals surface area contributed by atoms with Crippen molar-refractivity contribution >= 4 is 0 Å². The molecule has 0 aromatic carbocycles. The third-order valence-electron chi connectivity index (χ3n) is 3.55.